The normalized spacial score (nSPS) is 11.9. The molecule has 0 saturated carbocycles. The molecule has 4 nitrogen and oxygen atoms in total. The van der Waals surface area contributed by atoms with Gasteiger partial charge in [-0.05, 0) is 31.5 Å². The molecule has 0 amide bonds. The van der Waals surface area contributed by atoms with Crippen LogP contribution in [0.15, 0.2) is 42.7 Å². The third-order valence-corrected chi connectivity index (χ3v) is 2.56. The number of hydrogen-bond acceptors (Lipinski definition) is 4. The van der Waals surface area contributed by atoms with Gasteiger partial charge in [-0.25, -0.2) is 0 Å². The zero-order valence-corrected chi connectivity index (χ0v) is 10.6. The van der Waals surface area contributed by atoms with Crippen molar-refractivity contribution < 1.29 is 4.74 Å². The van der Waals surface area contributed by atoms with E-state index in [-0.39, 0.29) is 6.04 Å². The van der Waals surface area contributed by atoms with E-state index in [1.54, 1.807) is 6.20 Å². The molecule has 1 N–H and O–H groups in total. The lowest BCUT2D eigenvalue weighted by Crippen LogP contribution is -2.08. The van der Waals surface area contributed by atoms with Gasteiger partial charge in [0.2, 0.25) is 5.88 Å². The first-order chi connectivity index (χ1) is 8.79. The standard InChI is InChI=1S/C14H17N3O/c1-3-18-14-8-4-7-13(17-14)16-11(2)12-6-5-9-15-10-12/h4-11H,3H2,1-2H3,(H,16,17). The Kier molecular flexibility index (Phi) is 4.12. The number of anilines is 1. The highest BCUT2D eigenvalue weighted by molar-refractivity contribution is 5.39. The molecule has 4 heteroatoms. The topological polar surface area (TPSA) is 47.0 Å². The zero-order valence-electron chi connectivity index (χ0n) is 10.6. The van der Waals surface area contributed by atoms with Gasteiger partial charge in [-0.3, -0.25) is 4.98 Å². The molecule has 0 spiro atoms. The van der Waals surface area contributed by atoms with E-state index in [2.05, 4.69) is 22.2 Å². The Bertz CT molecular complexity index is 487. The summed E-state index contributed by atoms with van der Waals surface area (Å²) in [4.78, 5) is 8.48. The first-order valence-electron chi connectivity index (χ1n) is 6.06. The summed E-state index contributed by atoms with van der Waals surface area (Å²) in [5.74, 6) is 1.44. The van der Waals surface area contributed by atoms with Crippen molar-refractivity contribution in [2.45, 2.75) is 19.9 Å². The predicted molar refractivity (Wildman–Crippen MR) is 71.7 cm³/mol. The molecule has 0 aliphatic carbocycles. The third kappa shape index (κ3) is 3.20. The minimum Gasteiger partial charge on any atom is -0.478 e. The Hall–Kier alpha value is -2.10. The highest BCUT2D eigenvalue weighted by Crippen LogP contribution is 2.18. The Morgan fingerprint density at radius 2 is 2.17 bits per heavy atom. The van der Waals surface area contributed by atoms with Crippen LogP contribution in [0.25, 0.3) is 0 Å². The van der Waals surface area contributed by atoms with Gasteiger partial charge in [0.25, 0.3) is 0 Å². The van der Waals surface area contributed by atoms with Crippen molar-refractivity contribution in [1.29, 1.82) is 0 Å². The second-order valence-electron chi connectivity index (χ2n) is 3.95. The SMILES string of the molecule is CCOc1cccc(NC(C)c2cccnc2)n1. The van der Waals surface area contributed by atoms with Crippen LogP contribution in [0.4, 0.5) is 5.82 Å². The van der Waals surface area contributed by atoms with Gasteiger partial charge in [-0.15, -0.1) is 0 Å². The van der Waals surface area contributed by atoms with E-state index < -0.39 is 0 Å². The van der Waals surface area contributed by atoms with E-state index in [0.717, 1.165) is 11.4 Å². The number of ether oxygens (including phenoxy) is 1. The fourth-order valence-electron chi connectivity index (χ4n) is 1.66. The summed E-state index contributed by atoms with van der Waals surface area (Å²) < 4.78 is 5.37. The zero-order chi connectivity index (χ0) is 12.8. The minimum atomic E-state index is 0.156. The van der Waals surface area contributed by atoms with Gasteiger partial charge >= 0.3 is 0 Å². The van der Waals surface area contributed by atoms with Gasteiger partial charge in [0.15, 0.2) is 0 Å². The number of rotatable bonds is 5. The molecule has 2 rings (SSSR count). The molecule has 2 aromatic heterocycles. The highest BCUT2D eigenvalue weighted by atomic mass is 16.5. The summed E-state index contributed by atoms with van der Waals surface area (Å²) in [5.41, 5.74) is 1.13. The first kappa shape index (κ1) is 12.4. The first-order valence-corrected chi connectivity index (χ1v) is 6.06. The van der Waals surface area contributed by atoms with Crippen LogP contribution in [-0.4, -0.2) is 16.6 Å². The summed E-state index contributed by atoms with van der Waals surface area (Å²) in [6.07, 6.45) is 3.62. The maximum absolute atomic E-state index is 5.37. The molecule has 2 aromatic rings. The van der Waals surface area contributed by atoms with Crippen molar-refractivity contribution >= 4 is 5.82 Å². The van der Waals surface area contributed by atoms with E-state index in [9.17, 15) is 0 Å². The lowest BCUT2D eigenvalue weighted by molar-refractivity contribution is 0.327. The van der Waals surface area contributed by atoms with E-state index in [0.29, 0.717) is 12.5 Å². The van der Waals surface area contributed by atoms with Crippen LogP contribution in [0, 0.1) is 0 Å². The van der Waals surface area contributed by atoms with Crippen LogP contribution in [0.2, 0.25) is 0 Å². The van der Waals surface area contributed by atoms with Crippen molar-refractivity contribution in [1.82, 2.24) is 9.97 Å². The van der Waals surface area contributed by atoms with Gasteiger partial charge in [-0.2, -0.15) is 4.98 Å². The van der Waals surface area contributed by atoms with Crippen molar-refractivity contribution in [3.05, 3.63) is 48.3 Å². The second-order valence-corrected chi connectivity index (χ2v) is 3.95. The molecule has 2 heterocycles. The molecule has 1 unspecified atom stereocenters. The average molecular weight is 243 g/mol. The fraction of sp³-hybridized carbons (Fsp3) is 0.286. The second kappa shape index (κ2) is 6.00. The monoisotopic (exact) mass is 243 g/mol. The number of nitrogens with one attached hydrogen (secondary N) is 1. The molecule has 0 aliphatic rings. The van der Waals surface area contributed by atoms with Crippen LogP contribution in [0.1, 0.15) is 25.5 Å². The fourth-order valence-corrected chi connectivity index (χ4v) is 1.66. The minimum absolute atomic E-state index is 0.156. The van der Waals surface area contributed by atoms with Crippen molar-refractivity contribution in [3.8, 4) is 5.88 Å². The highest BCUT2D eigenvalue weighted by Gasteiger charge is 2.06. The summed E-state index contributed by atoms with van der Waals surface area (Å²) in [6, 6.07) is 9.83. The molecule has 94 valence electrons. The van der Waals surface area contributed by atoms with Crippen molar-refractivity contribution in [2.24, 2.45) is 0 Å². The summed E-state index contributed by atoms with van der Waals surface area (Å²) in [7, 11) is 0. The maximum Gasteiger partial charge on any atom is 0.215 e. The van der Waals surface area contributed by atoms with Crippen LogP contribution in [0.5, 0.6) is 5.88 Å². The van der Waals surface area contributed by atoms with E-state index in [4.69, 9.17) is 4.74 Å². The van der Waals surface area contributed by atoms with E-state index >= 15 is 0 Å². The predicted octanol–water partition coefficient (Wildman–Crippen LogP) is 3.05. The number of hydrogen-bond donors (Lipinski definition) is 1. The van der Waals surface area contributed by atoms with Crippen molar-refractivity contribution in [3.63, 3.8) is 0 Å². The molecular weight excluding hydrogens is 226 g/mol. The molecule has 1 atom stereocenters. The largest absolute Gasteiger partial charge is 0.478 e. The molecule has 0 fully saturated rings. The quantitative estimate of drug-likeness (QED) is 0.876. The van der Waals surface area contributed by atoms with Gasteiger partial charge in [0.1, 0.15) is 5.82 Å². The molecule has 0 aliphatic heterocycles. The Morgan fingerprint density at radius 3 is 2.89 bits per heavy atom. The van der Waals surface area contributed by atoms with Gasteiger partial charge in [-0.1, -0.05) is 12.1 Å². The lowest BCUT2D eigenvalue weighted by atomic mass is 10.1. The molecular formula is C14H17N3O. The van der Waals surface area contributed by atoms with E-state index in [1.807, 2.05) is 43.5 Å². The Labute approximate surface area is 107 Å². The van der Waals surface area contributed by atoms with Crippen LogP contribution < -0.4 is 10.1 Å². The Balaban J connectivity index is 2.07. The summed E-state index contributed by atoms with van der Waals surface area (Å²) in [5, 5.41) is 3.33. The molecule has 0 radical (unpaired) electrons. The summed E-state index contributed by atoms with van der Waals surface area (Å²) in [6.45, 7) is 4.64. The molecule has 0 bridgehead atoms. The van der Waals surface area contributed by atoms with Gasteiger partial charge in [0.05, 0.1) is 12.6 Å². The number of nitrogens with zero attached hydrogens (tertiary/aromatic N) is 2. The summed E-state index contributed by atoms with van der Waals surface area (Å²) >= 11 is 0. The molecule has 18 heavy (non-hydrogen) atoms. The van der Waals surface area contributed by atoms with Gasteiger partial charge < -0.3 is 10.1 Å². The third-order valence-electron chi connectivity index (χ3n) is 2.56. The number of pyridine rings is 2. The average Bonchev–Trinajstić information content (AvgIpc) is 2.40. The lowest BCUT2D eigenvalue weighted by Gasteiger charge is -2.15. The molecule has 0 aromatic carbocycles. The van der Waals surface area contributed by atoms with Crippen LogP contribution in [0.3, 0.4) is 0 Å². The maximum atomic E-state index is 5.37. The van der Waals surface area contributed by atoms with Gasteiger partial charge in [0, 0.05) is 18.5 Å². The smallest absolute Gasteiger partial charge is 0.215 e. The Morgan fingerprint density at radius 1 is 1.28 bits per heavy atom. The molecule has 0 saturated heterocycles. The van der Waals surface area contributed by atoms with Crippen LogP contribution >= 0.6 is 0 Å². The number of aromatic nitrogens is 2. The van der Waals surface area contributed by atoms with Crippen LogP contribution in [-0.2, 0) is 0 Å². The van der Waals surface area contributed by atoms with Crippen molar-refractivity contribution in [2.75, 3.05) is 11.9 Å². The van der Waals surface area contributed by atoms with E-state index in [1.165, 1.54) is 0 Å².